The van der Waals surface area contributed by atoms with Gasteiger partial charge in [-0.25, -0.2) is 9.97 Å². The fraction of sp³-hybridized carbons (Fsp3) is 0.545. The van der Waals surface area contributed by atoms with Crippen LogP contribution in [0.3, 0.4) is 0 Å². The Morgan fingerprint density at radius 3 is 2.82 bits per heavy atom. The van der Waals surface area contributed by atoms with E-state index in [1.807, 2.05) is 25.7 Å². The Morgan fingerprint density at radius 1 is 1.47 bits per heavy atom. The summed E-state index contributed by atoms with van der Waals surface area (Å²) in [7, 11) is 3.89. The highest BCUT2D eigenvalue weighted by molar-refractivity contribution is 7.09. The van der Waals surface area contributed by atoms with Gasteiger partial charge in [-0.3, -0.25) is 4.68 Å². The van der Waals surface area contributed by atoms with Crippen LogP contribution in [-0.2, 0) is 19.9 Å². The summed E-state index contributed by atoms with van der Waals surface area (Å²) in [5.41, 5.74) is 1.15. The number of aryl methyl sites for hydroxylation is 2. The summed E-state index contributed by atoms with van der Waals surface area (Å²) in [6.07, 6.45) is 3.38. The number of thiazole rings is 1. The number of aromatic nitrogens is 4. The topological polar surface area (TPSA) is 55.6 Å². The lowest BCUT2D eigenvalue weighted by molar-refractivity contribution is 0.523. The van der Waals surface area contributed by atoms with E-state index < -0.39 is 0 Å². The average molecular weight is 251 g/mol. The molecule has 2 aromatic heterocycles. The molecule has 17 heavy (non-hydrogen) atoms. The summed E-state index contributed by atoms with van der Waals surface area (Å²) < 4.78 is 1.82. The van der Waals surface area contributed by atoms with E-state index in [0.29, 0.717) is 6.04 Å². The molecule has 5 nitrogen and oxygen atoms in total. The Bertz CT molecular complexity index is 476. The molecule has 0 aliphatic rings. The van der Waals surface area contributed by atoms with Gasteiger partial charge in [-0.15, -0.1) is 11.3 Å². The molecule has 0 aliphatic heterocycles. The predicted molar refractivity (Wildman–Crippen MR) is 68.1 cm³/mol. The minimum Gasteiger partial charge on any atom is -0.316 e. The zero-order valence-electron chi connectivity index (χ0n) is 10.3. The normalized spacial score (nSPS) is 12.9. The van der Waals surface area contributed by atoms with Crippen LogP contribution in [0.5, 0.6) is 0 Å². The molecule has 0 fully saturated rings. The molecule has 0 saturated carbocycles. The molecule has 1 unspecified atom stereocenters. The van der Waals surface area contributed by atoms with Gasteiger partial charge in [0, 0.05) is 31.3 Å². The van der Waals surface area contributed by atoms with Gasteiger partial charge in [0.2, 0.25) is 0 Å². The van der Waals surface area contributed by atoms with Crippen LogP contribution in [0.2, 0.25) is 0 Å². The van der Waals surface area contributed by atoms with Crippen molar-refractivity contribution in [2.75, 3.05) is 7.05 Å². The molecule has 6 heteroatoms. The van der Waals surface area contributed by atoms with Crippen molar-refractivity contribution in [1.29, 1.82) is 0 Å². The molecule has 0 saturated heterocycles. The Morgan fingerprint density at radius 2 is 2.29 bits per heavy atom. The lowest BCUT2D eigenvalue weighted by Crippen LogP contribution is -2.31. The summed E-state index contributed by atoms with van der Waals surface area (Å²) in [5, 5.41) is 10.6. The zero-order chi connectivity index (χ0) is 12.3. The van der Waals surface area contributed by atoms with E-state index in [2.05, 4.69) is 25.8 Å². The molecule has 1 atom stereocenters. The Kier molecular flexibility index (Phi) is 3.86. The first-order valence-electron chi connectivity index (χ1n) is 5.60. The summed E-state index contributed by atoms with van der Waals surface area (Å²) in [5.74, 6) is 0.997. The van der Waals surface area contributed by atoms with E-state index in [9.17, 15) is 0 Å². The summed E-state index contributed by atoms with van der Waals surface area (Å²) >= 11 is 1.70. The molecule has 0 aliphatic carbocycles. The minimum absolute atomic E-state index is 0.347. The highest BCUT2D eigenvalue weighted by Gasteiger charge is 2.13. The maximum atomic E-state index is 4.49. The monoisotopic (exact) mass is 251 g/mol. The van der Waals surface area contributed by atoms with Gasteiger partial charge in [0.05, 0.1) is 10.7 Å². The van der Waals surface area contributed by atoms with Crippen molar-refractivity contribution in [2.45, 2.75) is 25.8 Å². The minimum atomic E-state index is 0.347. The second-order valence-corrected chi connectivity index (χ2v) is 5.11. The smallest absolute Gasteiger partial charge is 0.138 e. The third kappa shape index (κ3) is 3.10. The number of nitrogens with one attached hydrogen (secondary N) is 1. The van der Waals surface area contributed by atoms with Crippen molar-refractivity contribution in [2.24, 2.45) is 7.05 Å². The second-order valence-electron chi connectivity index (χ2n) is 4.05. The third-order valence-corrected chi connectivity index (χ3v) is 3.59. The zero-order valence-corrected chi connectivity index (χ0v) is 11.2. The molecule has 0 amide bonds. The number of likely N-dealkylation sites (N-methyl/N-ethyl adjacent to an activating group) is 1. The number of hydrogen-bond acceptors (Lipinski definition) is 5. The van der Waals surface area contributed by atoms with Crippen molar-refractivity contribution >= 4 is 11.3 Å². The SMILES string of the molecule is CNC(Cc1csc(C)n1)Cc1ncnn1C. The molecular formula is C11H17N5S. The van der Waals surface area contributed by atoms with Crippen molar-refractivity contribution in [3.05, 3.63) is 28.2 Å². The Balaban J connectivity index is 2.00. The Hall–Kier alpha value is -1.27. The summed E-state index contributed by atoms with van der Waals surface area (Å²) in [4.78, 5) is 8.73. The van der Waals surface area contributed by atoms with E-state index in [1.165, 1.54) is 0 Å². The summed E-state index contributed by atoms with van der Waals surface area (Å²) in [6, 6.07) is 0.347. The van der Waals surface area contributed by atoms with E-state index in [1.54, 1.807) is 17.7 Å². The second kappa shape index (κ2) is 5.37. The molecule has 2 heterocycles. The van der Waals surface area contributed by atoms with Gasteiger partial charge in [0.25, 0.3) is 0 Å². The van der Waals surface area contributed by atoms with Gasteiger partial charge in [-0.1, -0.05) is 0 Å². The van der Waals surface area contributed by atoms with E-state index in [0.717, 1.165) is 29.4 Å². The molecule has 0 spiro atoms. The van der Waals surface area contributed by atoms with Crippen LogP contribution < -0.4 is 5.32 Å². The standard InChI is InChI=1S/C11H17N5S/c1-8-15-10(6-17-8)4-9(12-2)5-11-13-7-14-16(11)3/h6-7,9,12H,4-5H2,1-3H3. The van der Waals surface area contributed by atoms with E-state index in [4.69, 9.17) is 0 Å². The van der Waals surface area contributed by atoms with Gasteiger partial charge < -0.3 is 5.32 Å². The van der Waals surface area contributed by atoms with Crippen LogP contribution in [0.15, 0.2) is 11.7 Å². The predicted octanol–water partition coefficient (Wildman–Crippen LogP) is 0.953. The number of nitrogens with zero attached hydrogens (tertiary/aromatic N) is 4. The van der Waals surface area contributed by atoms with E-state index >= 15 is 0 Å². The molecular weight excluding hydrogens is 234 g/mol. The molecule has 1 N–H and O–H groups in total. The van der Waals surface area contributed by atoms with Crippen molar-refractivity contribution < 1.29 is 0 Å². The lowest BCUT2D eigenvalue weighted by atomic mass is 10.1. The molecule has 0 radical (unpaired) electrons. The Labute approximate surface area is 105 Å². The lowest BCUT2D eigenvalue weighted by Gasteiger charge is -2.14. The largest absolute Gasteiger partial charge is 0.316 e. The van der Waals surface area contributed by atoms with Crippen LogP contribution in [0.1, 0.15) is 16.5 Å². The fourth-order valence-electron chi connectivity index (χ4n) is 1.76. The van der Waals surface area contributed by atoms with Gasteiger partial charge in [-0.2, -0.15) is 5.10 Å². The first-order valence-corrected chi connectivity index (χ1v) is 6.48. The molecule has 0 aromatic carbocycles. The maximum Gasteiger partial charge on any atom is 0.138 e. The molecule has 2 aromatic rings. The average Bonchev–Trinajstić information content (AvgIpc) is 2.88. The highest BCUT2D eigenvalue weighted by atomic mass is 32.1. The molecule has 2 rings (SSSR count). The van der Waals surface area contributed by atoms with Crippen LogP contribution in [0.4, 0.5) is 0 Å². The number of hydrogen-bond donors (Lipinski definition) is 1. The van der Waals surface area contributed by atoms with Crippen LogP contribution in [0.25, 0.3) is 0 Å². The maximum absolute atomic E-state index is 4.49. The number of rotatable bonds is 5. The van der Waals surface area contributed by atoms with E-state index in [-0.39, 0.29) is 0 Å². The van der Waals surface area contributed by atoms with Crippen molar-refractivity contribution in [3.8, 4) is 0 Å². The van der Waals surface area contributed by atoms with Gasteiger partial charge in [0.1, 0.15) is 12.2 Å². The van der Waals surface area contributed by atoms with Gasteiger partial charge in [-0.05, 0) is 14.0 Å². The first-order chi connectivity index (χ1) is 8.19. The van der Waals surface area contributed by atoms with Gasteiger partial charge >= 0.3 is 0 Å². The van der Waals surface area contributed by atoms with Crippen molar-refractivity contribution in [1.82, 2.24) is 25.1 Å². The third-order valence-electron chi connectivity index (χ3n) is 2.76. The quantitative estimate of drug-likeness (QED) is 0.860. The van der Waals surface area contributed by atoms with Crippen LogP contribution in [0, 0.1) is 6.92 Å². The first kappa shape index (κ1) is 12.2. The van der Waals surface area contributed by atoms with Crippen molar-refractivity contribution in [3.63, 3.8) is 0 Å². The van der Waals surface area contributed by atoms with Crippen LogP contribution in [-0.4, -0.2) is 32.8 Å². The fourth-order valence-corrected chi connectivity index (χ4v) is 2.38. The van der Waals surface area contributed by atoms with Gasteiger partial charge in [0.15, 0.2) is 0 Å². The highest BCUT2D eigenvalue weighted by Crippen LogP contribution is 2.11. The summed E-state index contributed by atoms with van der Waals surface area (Å²) in [6.45, 7) is 2.03. The molecule has 92 valence electrons. The molecule has 0 bridgehead atoms. The van der Waals surface area contributed by atoms with Crippen LogP contribution >= 0.6 is 11.3 Å².